The van der Waals surface area contributed by atoms with Gasteiger partial charge in [0.1, 0.15) is 0 Å². The van der Waals surface area contributed by atoms with Crippen LogP contribution < -0.4 is 14.7 Å². The van der Waals surface area contributed by atoms with Crippen LogP contribution >= 0.6 is 0 Å². The molecule has 0 aliphatic rings. The van der Waals surface area contributed by atoms with Gasteiger partial charge in [0.15, 0.2) is 0 Å². The fourth-order valence-corrected chi connectivity index (χ4v) is 1.44. The van der Waals surface area contributed by atoms with Crippen LogP contribution in [0.2, 0.25) is 0 Å². The fourth-order valence-electron chi connectivity index (χ4n) is 1.44. The van der Waals surface area contributed by atoms with Crippen LogP contribution in [0.25, 0.3) is 0 Å². The lowest BCUT2D eigenvalue weighted by Crippen LogP contribution is -2.22. The summed E-state index contributed by atoms with van der Waals surface area (Å²) >= 11 is 0. The van der Waals surface area contributed by atoms with Crippen molar-refractivity contribution in [3.8, 4) is 0 Å². The Morgan fingerprint density at radius 3 is 0.952 bits per heavy atom. The number of hydrogen-bond donors (Lipinski definition) is 0. The van der Waals surface area contributed by atoms with Crippen molar-refractivity contribution in [1.29, 1.82) is 0 Å². The van der Waals surface area contributed by atoms with Gasteiger partial charge in [0.25, 0.3) is 0 Å². The quantitative estimate of drug-likeness (QED) is 0.752. The molecule has 0 atom stereocenters. The Labute approximate surface area is 130 Å². The van der Waals surface area contributed by atoms with E-state index in [1.807, 2.05) is 57.0 Å². The van der Waals surface area contributed by atoms with Gasteiger partial charge < -0.3 is 14.7 Å². The van der Waals surface area contributed by atoms with Crippen LogP contribution in [0, 0.1) is 0 Å². The summed E-state index contributed by atoms with van der Waals surface area (Å²) in [7, 11) is 11.5. The van der Waals surface area contributed by atoms with Crippen molar-refractivity contribution in [3.05, 3.63) is 0 Å². The van der Waals surface area contributed by atoms with Crippen LogP contribution in [-0.2, 0) is 0 Å². The Morgan fingerprint density at radius 2 is 0.810 bits per heavy atom. The molecule has 1 aromatic heterocycles. The molecule has 6 heteroatoms. The molecule has 0 spiro atoms. The molecule has 0 unspecified atom stereocenters. The van der Waals surface area contributed by atoms with E-state index in [9.17, 15) is 0 Å². The zero-order valence-corrected chi connectivity index (χ0v) is 15.0. The van der Waals surface area contributed by atoms with Crippen LogP contribution in [-0.4, -0.2) is 57.2 Å². The van der Waals surface area contributed by atoms with E-state index in [0.717, 1.165) is 0 Å². The van der Waals surface area contributed by atoms with Crippen molar-refractivity contribution in [2.45, 2.75) is 39.5 Å². The first kappa shape index (κ1) is 19.4. The second kappa shape index (κ2) is 10.2. The Hall–Kier alpha value is -1.59. The average Bonchev–Trinajstić information content (AvgIpc) is 2.45. The first-order valence-electron chi connectivity index (χ1n) is 7.61. The van der Waals surface area contributed by atoms with Crippen molar-refractivity contribution >= 4 is 17.8 Å². The Balaban J connectivity index is 0.000000567. The van der Waals surface area contributed by atoms with Gasteiger partial charge in [-0.3, -0.25) is 0 Å². The zero-order valence-electron chi connectivity index (χ0n) is 15.0. The maximum Gasteiger partial charge on any atom is 0.231 e. The normalized spacial score (nSPS) is 9.71. The van der Waals surface area contributed by atoms with Gasteiger partial charge in [-0.2, -0.15) is 15.0 Å². The topological polar surface area (TPSA) is 48.4 Å². The van der Waals surface area contributed by atoms with Crippen molar-refractivity contribution in [2.75, 3.05) is 57.0 Å². The lowest BCUT2D eigenvalue weighted by Gasteiger charge is -2.18. The molecule has 122 valence electrons. The monoisotopic (exact) mass is 296 g/mol. The summed E-state index contributed by atoms with van der Waals surface area (Å²) in [6.07, 6.45) is 5.54. The van der Waals surface area contributed by atoms with Gasteiger partial charge in [-0.05, 0) is 0 Å². The summed E-state index contributed by atoms with van der Waals surface area (Å²) in [5, 5.41) is 0. The summed E-state index contributed by atoms with van der Waals surface area (Å²) in [5.74, 6) is 1.99. The van der Waals surface area contributed by atoms with Crippen LogP contribution in [0.15, 0.2) is 0 Å². The molecule has 1 heterocycles. The van der Waals surface area contributed by atoms with E-state index in [4.69, 9.17) is 0 Å². The molecular formula is C15H32N6. The SMILES string of the molecule is CCCCCC.CN(C)c1nc(N(C)C)nc(N(C)C)n1. The van der Waals surface area contributed by atoms with Crippen LogP contribution in [0.3, 0.4) is 0 Å². The fraction of sp³-hybridized carbons (Fsp3) is 0.800. The zero-order chi connectivity index (χ0) is 16.4. The maximum atomic E-state index is 4.32. The van der Waals surface area contributed by atoms with E-state index in [2.05, 4.69) is 28.8 Å². The number of unbranched alkanes of at least 4 members (excludes halogenated alkanes) is 3. The number of hydrogen-bond acceptors (Lipinski definition) is 6. The number of rotatable bonds is 6. The van der Waals surface area contributed by atoms with Gasteiger partial charge in [-0.1, -0.05) is 39.5 Å². The lowest BCUT2D eigenvalue weighted by atomic mass is 10.2. The second-order valence-corrected chi connectivity index (χ2v) is 5.63. The van der Waals surface area contributed by atoms with E-state index in [-0.39, 0.29) is 0 Å². The van der Waals surface area contributed by atoms with E-state index >= 15 is 0 Å². The number of anilines is 3. The van der Waals surface area contributed by atoms with Gasteiger partial charge >= 0.3 is 0 Å². The molecule has 1 rings (SSSR count). The molecule has 0 aromatic carbocycles. The predicted octanol–water partition coefficient (Wildman–Crippen LogP) is 2.66. The minimum atomic E-state index is 0.664. The Kier molecular flexibility index (Phi) is 9.41. The molecule has 0 saturated carbocycles. The highest BCUT2D eigenvalue weighted by Crippen LogP contribution is 2.14. The summed E-state index contributed by atoms with van der Waals surface area (Å²) in [6, 6.07) is 0. The summed E-state index contributed by atoms with van der Waals surface area (Å²) in [4.78, 5) is 18.5. The van der Waals surface area contributed by atoms with Crippen LogP contribution in [0.5, 0.6) is 0 Å². The molecule has 0 aliphatic carbocycles. The molecule has 21 heavy (non-hydrogen) atoms. The van der Waals surface area contributed by atoms with Gasteiger partial charge in [0.2, 0.25) is 17.8 Å². The van der Waals surface area contributed by atoms with Gasteiger partial charge in [0.05, 0.1) is 0 Å². The molecule has 0 amide bonds. The van der Waals surface area contributed by atoms with Gasteiger partial charge in [0, 0.05) is 42.3 Å². The lowest BCUT2D eigenvalue weighted by molar-refractivity contribution is 0.702. The Morgan fingerprint density at radius 1 is 0.571 bits per heavy atom. The minimum Gasteiger partial charge on any atom is -0.347 e. The van der Waals surface area contributed by atoms with E-state index in [1.165, 1.54) is 25.7 Å². The summed E-state index contributed by atoms with van der Waals surface area (Å²) in [6.45, 7) is 4.46. The highest BCUT2D eigenvalue weighted by Gasteiger charge is 2.10. The molecule has 0 fully saturated rings. The predicted molar refractivity (Wildman–Crippen MR) is 92.6 cm³/mol. The average molecular weight is 296 g/mol. The third kappa shape index (κ3) is 7.68. The third-order valence-electron chi connectivity index (χ3n) is 2.76. The van der Waals surface area contributed by atoms with Crippen molar-refractivity contribution in [2.24, 2.45) is 0 Å². The molecule has 0 aliphatic heterocycles. The molecule has 1 aromatic rings. The maximum absolute atomic E-state index is 4.32. The van der Waals surface area contributed by atoms with Crippen molar-refractivity contribution in [1.82, 2.24) is 15.0 Å². The number of nitrogens with zero attached hydrogens (tertiary/aromatic N) is 6. The van der Waals surface area contributed by atoms with Crippen molar-refractivity contribution < 1.29 is 0 Å². The highest BCUT2D eigenvalue weighted by atomic mass is 15.4. The van der Waals surface area contributed by atoms with E-state index in [0.29, 0.717) is 17.8 Å². The van der Waals surface area contributed by atoms with Crippen LogP contribution in [0.1, 0.15) is 39.5 Å². The second-order valence-electron chi connectivity index (χ2n) is 5.63. The molecule has 0 saturated heterocycles. The van der Waals surface area contributed by atoms with Gasteiger partial charge in [-0.15, -0.1) is 0 Å². The first-order chi connectivity index (χ1) is 9.83. The third-order valence-corrected chi connectivity index (χ3v) is 2.76. The smallest absolute Gasteiger partial charge is 0.231 e. The molecule has 0 radical (unpaired) electrons. The van der Waals surface area contributed by atoms with Gasteiger partial charge in [-0.25, -0.2) is 0 Å². The minimum absolute atomic E-state index is 0.664. The number of aromatic nitrogens is 3. The van der Waals surface area contributed by atoms with E-state index < -0.39 is 0 Å². The molecule has 0 bridgehead atoms. The first-order valence-corrected chi connectivity index (χ1v) is 7.61. The van der Waals surface area contributed by atoms with Crippen molar-refractivity contribution in [3.63, 3.8) is 0 Å². The molecule has 0 N–H and O–H groups in total. The summed E-state index contributed by atoms with van der Waals surface area (Å²) < 4.78 is 0. The molecular weight excluding hydrogens is 264 g/mol. The van der Waals surface area contributed by atoms with Crippen LogP contribution in [0.4, 0.5) is 17.8 Å². The highest BCUT2D eigenvalue weighted by molar-refractivity contribution is 5.44. The molecule has 6 nitrogen and oxygen atoms in total. The Bertz CT molecular complexity index is 321. The van der Waals surface area contributed by atoms with E-state index in [1.54, 1.807) is 0 Å². The largest absolute Gasteiger partial charge is 0.347 e. The standard InChI is InChI=1S/C9H18N6.C6H14/c1-13(2)7-10-8(14(3)4)12-9(11-7)15(5)6;1-3-5-6-4-2/h1-6H3;3-6H2,1-2H3. The summed E-state index contributed by atoms with van der Waals surface area (Å²) in [5.41, 5.74) is 0.